The van der Waals surface area contributed by atoms with Gasteiger partial charge >= 0.3 is 0 Å². The molecule has 7 nitrogen and oxygen atoms in total. The number of anilines is 2. The second kappa shape index (κ2) is 3.96. The highest BCUT2D eigenvalue weighted by Gasteiger charge is 2.26. The molecule has 1 aliphatic heterocycles. The predicted molar refractivity (Wildman–Crippen MR) is 76.3 cm³/mol. The summed E-state index contributed by atoms with van der Waals surface area (Å²) in [5, 5.41) is 7.81. The van der Waals surface area contributed by atoms with Crippen LogP contribution in [-0.4, -0.2) is 31.3 Å². The van der Waals surface area contributed by atoms with Gasteiger partial charge in [-0.15, -0.1) is 0 Å². The molecule has 0 spiro atoms. The lowest BCUT2D eigenvalue weighted by Crippen LogP contribution is -2.37. The first-order valence-electron chi connectivity index (χ1n) is 6.62. The highest BCUT2D eigenvalue weighted by molar-refractivity contribution is 5.87. The van der Waals surface area contributed by atoms with Gasteiger partial charge < -0.3 is 15.2 Å². The molecule has 7 heteroatoms. The van der Waals surface area contributed by atoms with Gasteiger partial charge in [-0.3, -0.25) is 5.10 Å². The summed E-state index contributed by atoms with van der Waals surface area (Å²) < 4.78 is 2.28. The zero-order valence-electron chi connectivity index (χ0n) is 11.1. The van der Waals surface area contributed by atoms with Gasteiger partial charge in [-0.1, -0.05) is 0 Å². The van der Waals surface area contributed by atoms with Crippen molar-refractivity contribution in [1.82, 2.24) is 24.7 Å². The van der Waals surface area contributed by atoms with Gasteiger partial charge in [0.05, 0.1) is 17.6 Å². The largest absolute Gasteiger partial charge is 0.368 e. The third-order valence-electron chi connectivity index (χ3n) is 3.92. The molecule has 0 radical (unpaired) electrons. The van der Waals surface area contributed by atoms with E-state index in [2.05, 4.69) is 54.9 Å². The molecule has 0 saturated carbocycles. The number of nitrogens with one attached hydrogen (secondary N) is 1. The summed E-state index contributed by atoms with van der Waals surface area (Å²) in [4.78, 5) is 10.9. The zero-order valence-corrected chi connectivity index (χ0v) is 11.1. The molecule has 0 aromatic carbocycles. The first-order chi connectivity index (χ1) is 9.74. The van der Waals surface area contributed by atoms with E-state index < -0.39 is 0 Å². The zero-order chi connectivity index (χ0) is 13.7. The van der Waals surface area contributed by atoms with Crippen molar-refractivity contribution in [3.05, 3.63) is 30.2 Å². The fourth-order valence-corrected chi connectivity index (χ4v) is 2.92. The van der Waals surface area contributed by atoms with E-state index in [4.69, 9.17) is 5.73 Å². The van der Waals surface area contributed by atoms with Crippen LogP contribution in [0.2, 0.25) is 0 Å². The van der Waals surface area contributed by atoms with Crippen molar-refractivity contribution in [3.63, 3.8) is 0 Å². The molecule has 1 atom stereocenters. The Morgan fingerprint density at radius 2 is 2.25 bits per heavy atom. The molecule has 3 aromatic rings. The summed E-state index contributed by atoms with van der Waals surface area (Å²) in [6.07, 6.45) is 3.87. The number of hydrogen-bond acceptors (Lipinski definition) is 5. The van der Waals surface area contributed by atoms with E-state index in [9.17, 15) is 0 Å². The van der Waals surface area contributed by atoms with Gasteiger partial charge in [0.25, 0.3) is 0 Å². The predicted octanol–water partition coefficient (Wildman–Crippen LogP) is 1.32. The topological polar surface area (TPSA) is 88.6 Å². The summed E-state index contributed by atoms with van der Waals surface area (Å²) in [5.41, 5.74) is 7.77. The van der Waals surface area contributed by atoms with E-state index in [-0.39, 0.29) is 12.0 Å². The van der Waals surface area contributed by atoms with Crippen molar-refractivity contribution in [2.45, 2.75) is 19.5 Å². The Bertz CT molecular complexity index is 772. The third kappa shape index (κ3) is 1.49. The van der Waals surface area contributed by atoms with Gasteiger partial charge in [0.15, 0.2) is 5.65 Å². The smallest absolute Gasteiger partial charge is 0.224 e. The van der Waals surface area contributed by atoms with Crippen LogP contribution in [0.15, 0.2) is 24.5 Å². The number of aromatic amines is 1. The molecule has 20 heavy (non-hydrogen) atoms. The Labute approximate surface area is 115 Å². The highest BCUT2D eigenvalue weighted by Crippen LogP contribution is 2.33. The maximum absolute atomic E-state index is 5.81. The number of fused-ring (bicyclic) bond motifs is 2. The van der Waals surface area contributed by atoms with Gasteiger partial charge in [0.2, 0.25) is 5.95 Å². The minimum absolute atomic E-state index is 0.242. The lowest BCUT2D eigenvalue weighted by molar-refractivity contribution is 0.507. The molecule has 0 amide bonds. The molecule has 0 fully saturated rings. The lowest BCUT2D eigenvalue weighted by Gasteiger charge is -2.36. The lowest BCUT2D eigenvalue weighted by atomic mass is 10.1. The Balaban J connectivity index is 1.86. The maximum atomic E-state index is 5.81. The molecule has 0 saturated heterocycles. The summed E-state index contributed by atoms with van der Waals surface area (Å²) in [6, 6.07) is 4.47. The number of aromatic nitrogens is 5. The average molecular weight is 269 g/mol. The summed E-state index contributed by atoms with van der Waals surface area (Å²) in [5.74, 6) is 1.12. The molecule has 1 aliphatic rings. The van der Waals surface area contributed by atoms with E-state index in [0.29, 0.717) is 5.65 Å². The van der Waals surface area contributed by atoms with Crippen LogP contribution in [-0.2, 0) is 6.54 Å². The van der Waals surface area contributed by atoms with Crippen LogP contribution in [0.4, 0.5) is 11.8 Å². The number of H-pyrrole nitrogens is 1. The first-order valence-corrected chi connectivity index (χ1v) is 6.62. The van der Waals surface area contributed by atoms with E-state index in [1.54, 1.807) is 6.20 Å². The number of rotatable bonds is 1. The van der Waals surface area contributed by atoms with Crippen LogP contribution < -0.4 is 10.6 Å². The quantitative estimate of drug-likeness (QED) is 0.695. The normalized spacial score (nSPS) is 18.4. The Morgan fingerprint density at radius 1 is 1.35 bits per heavy atom. The Morgan fingerprint density at radius 3 is 3.15 bits per heavy atom. The van der Waals surface area contributed by atoms with Gasteiger partial charge in [-0.25, -0.2) is 0 Å². The number of nitrogens with two attached hydrogens (primary N) is 1. The van der Waals surface area contributed by atoms with Gasteiger partial charge in [-0.05, 0) is 19.1 Å². The monoisotopic (exact) mass is 269 g/mol. The van der Waals surface area contributed by atoms with E-state index in [0.717, 1.165) is 24.3 Å². The molecule has 0 bridgehead atoms. The summed E-state index contributed by atoms with van der Waals surface area (Å²) in [6.45, 7) is 4.00. The van der Waals surface area contributed by atoms with Crippen molar-refractivity contribution in [1.29, 1.82) is 0 Å². The molecule has 3 N–H and O–H groups in total. The summed E-state index contributed by atoms with van der Waals surface area (Å²) >= 11 is 0. The average Bonchev–Trinajstić information content (AvgIpc) is 3.06. The fourth-order valence-electron chi connectivity index (χ4n) is 2.92. The molecule has 0 aliphatic carbocycles. The van der Waals surface area contributed by atoms with Gasteiger partial charge in [0, 0.05) is 25.0 Å². The number of nitrogen functional groups attached to an aromatic ring is 1. The van der Waals surface area contributed by atoms with Crippen molar-refractivity contribution in [3.8, 4) is 0 Å². The van der Waals surface area contributed by atoms with Crippen molar-refractivity contribution in [2.75, 3.05) is 17.2 Å². The van der Waals surface area contributed by atoms with E-state index in [1.807, 2.05) is 0 Å². The maximum Gasteiger partial charge on any atom is 0.224 e. The third-order valence-corrected chi connectivity index (χ3v) is 3.92. The minimum Gasteiger partial charge on any atom is -0.368 e. The molecule has 102 valence electrons. The minimum atomic E-state index is 0.242. The molecule has 4 rings (SSSR count). The molecular weight excluding hydrogens is 254 g/mol. The molecule has 4 heterocycles. The van der Waals surface area contributed by atoms with Crippen molar-refractivity contribution in [2.24, 2.45) is 0 Å². The van der Waals surface area contributed by atoms with Crippen LogP contribution in [0.3, 0.4) is 0 Å². The molecule has 1 unspecified atom stereocenters. The van der Waals surface area contributed by atoms with Gasteiger partial charge in [0.1, 0.15) is 5.82 Å². The SMILES string of the molecule is CC1c2cccn2CCN1c1nc(N)nc2[nH]ncc12. The van der Waals surface area contributed by atoms with E-state index in [1.165, 1.54) is 5.69 Å². The highest BCUT2D eigenvalue weighted by atomic mass is 15.3. The number of nitrogens with zero attached hydrogens (tertiary/aromatic N) is 5. The summed E-state index contributed by atoms with van der Waals surface area (Å²) in [7, 11) is 0. The first kappa shape index (κ1) is 11.3. The Kier molecular flexibility index (Phi) is 2.23. The second-order valence-electron chi connectivity index (χ2n) is 5.03. The molecule has 3 aromatic heterocycles. The van der Waals surface area contributed by atoms with Crippen molar-refractivity contribution < 1.29 is 0 Å². The second-order valence-corrected chi connectivity index (χ2v) is 5.03. The van der Waals surface area contributed by atoms with Crippen LogP contribution in [0.1, 0.15) is 18.7 Å². The van der Waals surface area contributed by atoms with Gasteiger partial charge in [-0.2, -0.15) is 15.1 Å². The van der Waals surface area contributed by atoms with Crippen LogP contribution in [0, 0.1) is 0 Å². The standard InChI is InChI=1S/C13H15N7/c1-8-10-3-2-4-19(10)5-6-20(8)12-9-7-15-18-11(9)16-13(14)17-12/h2-4,7-8H,5-6H2,1H3,(H3,14,15,16,17,18). The van der Waals surface area contributed by atoms with Crippen molar-refractivity contribution >= 4 is 22.8 Å². The fraction of sp³-hybridized carbons (Fsp3) is 0.308. The molecular formula is C13H15N7. The number of hydrogen-bond donors (Lipinski definition) is 2. The van der Waals surface area contributed by atoms with Crippen LogP contribution >= 0.6 is 0 Å². The Hall–Kier alpha value is -2.57. The van der Waals surface area contributed by atoms with E-state index >= 15 is 0 Å². The van der Waals surface area contributed by atoms with Crippen LogP contribution in [0.25, 0.3) is 11.0 Å². The van der Waals surface area contributed by atoms with Crippen LogP contribution in [0.5, 0.6) is 0 Å².